The van der Waals surface area contributed by atoms with Gasteiger partial charge in [0.05, 0.1) is 18.6 Å². The van der Waals surface area contributed by atoms with E-state index < -0.39 is 0 Å². The van der Waals surface area contributed by atoms with E-state index in [1.54, 1.807) is 0 Å². The van der Waals surface area contributed by atoms with Crippen LogP contribution in [0.2, 0.25) is 0 Å². The second kappa shape index (κ2) is 7.41. The third kappa shape index (κ3) is 3.81. The fraction of sp³-hybridized carbons (Fsp3) is 0.562. The number of carbonyl (C=O) groups excluding carboxylic acids is 1. The molecule has 1 aliphatic rings. The summed E-state index contributed by atoms with van der Waals surface area (Å²) in [7, 11) is 0. The number of hydrogen-bond acceptors (Lipinski definition) is 3. The molecule has 1 aliphatic heterocycles. The van der Waals surface area contributed by atoms with Gasteiger partial charge in [0.15, 0.2) is 0 Å². The Morgan fingerprint density at radius 2 is 2.00 bits per heavy atom. The van der Waals surface area contributed by atoms with Gasteiger partial charge in [-0.2, -0.15) is 0 Å². The van der Waals surface area contributed by atoms with Crippen LogP contribution in [-0.2, 0) is 9.53 Å². The molecular weight excluding hydrogens is 252 g/mol. The number of ether oxygens (including phenoxy) is 1. The first-order valence-corrected chi connectivity index (χ1v) is 7.37. The third-order valence-electron chi connectivity index (χ3n) is 3.90. The lowest BCUT2D eigenvalue weighted by Gasteiger charge is -2.33. The highest BCUT2D eigenvalue weighted by Crippen LogP contribution is 2.21. The predicted octanol–water partition coefficient (Wildman–Crippen LogP) is 1.76. The zero-order chi connectivity index (χ0) is 14.4. The lowest BCUT2D eigenvalue weighted by atomic mass is 9.98. The Bertz CT molecular complexity index is 414. The summed E-state index contributed by atoms with van der Waals surface area (Å²) in [4.78, 5) is 14.4. The van der Waals surface area contributed by atoms with Gasteiger partial charge in [0.2, 0.25) is 5.91 Å². The van der Waals surface area contributed by atoms with Gasteiger partial charge in [0.25, 0.3) is 0 Å². The molecule has 4 nitrogen and oxygen atoms in total. The molecule has 0 aliphatic carbocycles. The molecule has 1 unspecified atom stereocenters. The van der Waals surface area contributed by atoms with E-state index in [4.69, 9.17) is 10.5 Å². The van der Waals surface area contributed by atoms with Crippen LogP contribution >= 0.6 is 0 Å². The van der Waals surface area contributed by atoms with Crippen molar-refractivity contribution >= 4 is 5.91 Å². The van der Waals surface area contributed by atoms with E-state index in [2.05, 4.69) is 0 Å². The maximum absolute atomic E-state index is 12.5. The number of carbonyl (C=O) groups is 1. The van der Waals surface area contributed by atoms with Crippen LogP contribution in [0.4, 0.5) is 0 Å². The van der Waals surface area contributed by atoms with Gasteiger partial charge in [-0.15, -0.1) is 0 Å². The van der Waals surface area contributed by atoms with Crippen molar-refractivity contribution in [3.8, 4) is 0 Å². The molecule has 0 aromatic heterocycles. The van der Waals surface area contributed by atoms with Gasteiger partial charge in [-0.3, -0.25) is 4.79 Å². The Kier molecular flexibility index (Phi) is 5.56. The summed E-state index contributed by atoms with van der Waals surface area (Å²) in [5.41, 5.74) is 6.52. The molecule has 1 saturated heterocycles. The summed E-state index contributed by atoms with van der Waals surface area (Å²) >= 11 is 0. The van der Waals surface area contributed by atoms with Crippen molar-refractivity contribution in [3.05, 3.63) is 35.9 Å². The maximum Gasteiger partial charge on any atom is 0.229 e. The first-order chi connectivity index (χ1) is 9.72. The SMILES string of the molecule is CC(C(=O)N1CCC(OCCN)CC1)c1ccccc1. The molecule has 0 spiro atoms. The summed E-state index contributed by atoms with van der Waals surface area (Å²) in [5.74, 6) is 0.145. The lowest BCUT2D eigenvalue weighted by Crippen LogP contribution is -2.42. The van der Waals surface area contributed by atoms with Crippen LogP contribution in [0.5, 0.6) is 0 Å². The average molecular weight is 276 g/mol. The van der Waals surface area contributed by atoms with E-state index in [0.717, 1.165) is 31.5 Å². The molecule has 0 radical (unpaired) electrons. The first kappa shape index (κ1) is 15.0. The van der Waals surface area contributed by atoms with E-state index in [1.165, 1.54) is 0 Å². The molecule has 20 heavy (non-hydrogen) atoms. The number of rotatable bonds is 5. The van der Waals surface area contributed by atoms with Crippen LogP contribution in [0.3, 0.4) is 0 Å². The van der Waals surface area contributed by atoms with Crippen molar-refractivity contribution < 1.29 is 9.53 Å². The highest BCUT2D eigenvalue weighted by molar-refractivity contribution is 5.83. The van der Waals surface area contributed by atoms with Gasteiger partial charge < -0.3 is 15.4 Å². The zero-order valence-corrected chi connectivity index (χ0v) is 12.1. The van der Waals surface area contributed by atoms with Crippen LogP contribution < -0.4 is 5.73 Å². The van der Waals surface area contributed by atoms with E-state index in [-0.39, 0.29) is 17.9 Å². The quantitative estimate of drug-likeness (QED) is 0.891. The molecule has 1 aromatic carbocycles. The number of nitrogens with zero attached hydrogens (tertiary/aromatic N) is 1. The van der Waals surface area contributed by atoms with Crippen LogP contribution in [0.25, 0.3) is 0 Å². The highest BCUT2D eigenvalue weighted by Gasteiger charge is 2.26. The minimum Gasteiger partial charge on any atom is -0.377 e. The Labute approximate surface area is 120 Å². The van der Waals surface area contributed by atoms with Crippen molar-refractivity contribution in [1.82, 2.24) is 4.90 Å². The molecule has 1 fully saturated rings. The highest BCUT2D eigenvalue weighted by atomic mass is 16.5. The number of hydrogen-bond donors (Lipinski definition) is 1. The Hall–Kier alpha value is -1.39. The second-order valence-electron chi connectivity index (χ2n) is 5.32. The molecule has 1 aromatic rings. The Morgan fingerprint density at radius 3 is 2.60 bits per heavy atom. The molecule has 1 heterocycles. The molecule has 0 bridgehead atoms. The van der Waals surface area contributed by atoms with Crippen LogP contribution in [0, 0.1) is 0 Å². The summed E-state index contributed by atoms with van der Waals surface area (Å²) in [6, 6.07) is 9.96. The number of amides is 1. The van der Waals surface area contributed by atoms with Crippen molar-refractivity contribution in [2.24, 2.45) is 5.73 Å². The van der Waals surface area contributed by atoms with Crippen molar-refractivity contribution in [2.45, 2.75) is 31.8 Å². The normalized spacial score (nSPS) is 18.0. The smallest absolute Gasteiger partial charge is 0.229 e. The van der Waals surface area contributed by atoms with Crippen LogP contribution in [0.1, 0.15) is 31.2 Å². The minimum atomic E-state index is -0.0716. The first-order valence-electron chi connectivity index (χ1n) is 7.37. The van der Waals surface area contributed by atoms with Crippen LogP contribution in [0.15, 0.2) is 30.3 Å². The van der Waals surface area contributed by atoms with E-state index in [0.29, 0.717) is 13.2 Å². The summed E-state index contributed by atoms with van der Waals surface area (Å²) in [6.07, 6.45) is 2.08. The third-order valence-corrected chi connectivity index (χ3v) is 3.90. The summed E-state index contributed by atoms with van der Waals surface area (Å²) in [6.45, 7) is 4.72. The standard InChI is InChI=1S/C16H24N2O2/c1-13(14-5-3-2-4-6-14)16(19)18-10-7-15(8-11-18)20-12-9-17/h2-6,13,15H,7-12,17H2,1H3. The molecular formula is C16H24N2O2. The molecule has 1 atom stereocenters. The number of nitrogens with two attached hydrogens (primary N) is 1. The predicted molar refractivity (Wildman–Crippen MR) is 79.5 cm³/mol. The summed E-state index contributed by atoms with van der Waals surface area (Å²) < 4.78 is 5.64. The van der Waals surface area contributed by atoms with Crippen molar-refractivity contribution in [1.29, 1.82) is 0 Å². The largest absolute Gasteiger partial charge is 0.377 e. The fourth-order valence-corrected chi connectivity index (χ4v) is 2.64. The van der Waals surface area contributed by atoms with Crippen molar-refractivity contribution in [2.75, 3.05) is 26.2 Å². The minimum absolute atomic E-state index is 0.0716. The van der Waals surface area contributed by atoms with Gasteiger partial charge in [0.1, 0.15) is 0 Å². The topological polar surface area (TPSA) is 55.6 Å². The number of piperidine rings is 1. The zero-order valence-electron chi connectivity index (χ0n) is 12.1. The Balaban J connectivity index is 1.85. The maximum atomic E-state index is 12.5. The van der Waals surface area contributed by atoms with Crippen LogP contribution in [-0.4, -0.2) is 43.2 Å². The summed E-state index contributed by atoms with van der Waals surface area (Å²) in [5, 5.41) is 0. The molecule has 2 N–H and O–H groups in total. The molecule has 4 heteroatoms. The Morgan fingerprint density at radius 1 is 1.35 bits per heavy atom. The van der Waals surface area contributed by atoms with Gasteiger partial charge in [-0.1, -0.05) is 30.3 Å². The average Bonchev–Trinajstić information content (AvgIpc) is 2.53. The molecule has 1 amide bonds. The van der Waals surface area contributed by atoms with E-state index >= 15 is 0 Å². The van der Waals surface area contributed by atoms with Gasteiger partial charge in [0, 0.05) is 19.6 Å². The van der Waals surface area contributed by atoms with E-state index in [9.17, 15) is 4.79 Å². The molecule has 0 saturated carbocycles. The lowest BCUT2D eigenvalue weighted by molar-refractivity contribution is -0.135. The monoisotopic (exact) mass is 276 g/mol. The fourth-order valence-electron chi connectivity index (χ4n) is 2.64. The molecule has 110 valence electrons. The van der Waals surface area contributed by atoms with Gasteiger partial charge in [-0.05, 0) is 25.3 Å². The number of likely N-dealkylation sites (tertiary alicyclic amines) is 1. The van der Waals surface area contributed by atoms with Crippen molar-refractivity contribution in [3.63, 3.8) is 0 Å². The van der Waals surface area contributed by atoms with Gasteiger partial charge >= 0.3 is 0 Å². The number of benzene rings is 1. The van der Waals surface area contributed by atoms with E-state index in [1.807, 2.05) is 42.2 Å². The molecule has 2 rings (SSSR count). The second-order valence-corrected chi connectivity index (χ2v) is 5.32. The van der Waals surface area contributed by atoms with Gasteiger partial charge in [-0.25, -0.2) is 0 Å².